The van der Waals surface area contributed by atoms with Crippen molar-refractivity contribution in [2.24, 2.45) is 17.8 Å². The van der Waals surface area contributed by atoms with E-state index in [4.69, 9.17) is 0 Å². The van der Waals surface area contributed by atoms with Gasteiger partial charge in [-0.3, -0.25) is 4.79 Å². The Morgan fingerprint density at radius 2 is 1.70 bits per heavy atom. The SMILES string of the molecule is O=C(NCCCN1CCC(O)CC1)C(C1CC1)C1CC1. The zero-order valence-electron chi connectivity index (χ0n) is 12.4. The highest BCUT2D eigenvalue weighted by Crippen LogP contribution is 2.49. The molecule has 3 rings (SSSR count). The Morgan fingerprint density at radius 3 is 2.25 bits per heavy atom. The second-order valence-corrected chi connectivity index (χ2v) is 6.92. The maximum atomic E-state index is 12.2. The molecule has 1 aliphatic heterocycles. The van der Waals surface area contributed by atoms with Crippen molar-refractivity contribution in [3.05, 3.63) is 0 Å². The summed E-state index contributed by atoms with van der Waals surface area (Å²) in [5.41, 5.74) is 0. The zero-order valence-corrected chi connectivity index (χ0v) is 12.4. The van der Waals surface area contributed by atoms with Crippen LogP contribution in [-0.4, -0.2) is 48.2 Å². The number of aliphatic hydroxyl groups is 1. The first-order valence-corrected chi connectivity index (χ1v) is 8.42. The Bertz CT molecular complexity index is 319. The van der Waals surface area contributed by atoms with Crippen molar-refractivity contribution in [3.63, 3.8) is 0 Å². The number of amides is 1. The first-order chi connectivity index (χ1) is 9.74. The normalized spacial score (nSPS) is 25.1. The topological polar surface area (TPSA) is 52.6 Å². The molecule has 0 spiro atoms. The van der Waals surface area contributed by atoms with Gasteiger partial charge in [-0.2, -0.15) is 0 Å². The Labute approximate surface area is 121 Å². The lowest BCUT2D eigenvalue weighted by Gasteiger charge is -2.29. The number of hydrogen-bond donors (Lipinski definition) is 2. The van der Waals surface area contributed by atoms with Crippen molar-refractivity contribution in [2.75, 3.05) is 26.2 Å². The van der Waals surface area contributed by atoms with E-state index < -0.39 is 0 Å². The summed E-state index contributed by atoms with van der Waals surface area (Å²) in [5.74, 6) is 2.06. The van der Waals surface area contributed by atoms with E-state index in [1.807, 2.05) is 0 Å². The monoisotopic (exact) mass is 280 g/mol. The highest BCUT2D eigenvalue weighted by molar-refractivity contribution is 5.80. The van der Waals surface area contributed by atoms with E-state index in [2.05, 4.69) is 10.2 Å². The Morgan fingerprint density at radius 1 is 1.10 bits per heavy atom. The summed E-state index contributed by atoms with van der Waals surface area (Å²) in [5, 5.41) is 12.6. The molecular weight excluding hydrogens is 252 g/mol. The van der Waals surface area contributed by atoms with Gasteiger partial charge in [0.2, 0.25) is 5.91 Å². The van der Waals surface area contributed by atoms with Gasteiger partial charge in [-0.25, -0.2) is 0 Å². The first kappa shape index (κ1) is 14.3. The lowest BCUT2D eigenvalue weighted by molar-refractivity contribution is -0.126. The van der Waals surface area contributed by atoms with Crippen LogP contribution in [0.4, 0.5) is 0 Å². The summed E-state index contributed by atoms with van der Waals surface area (Å²) in [4.78, 5) is 14.6. The molecule has 0 radical (unpaired) electrons. The summed E-state index contributed by atoms with van der Waals surface area (Å²) in [6, 6.07) is 0. The van der Waals surface area contributed by atoms with Gasteiger partial charge in [0, 0.05) is 25.6 Å². The zero-order chi connectivity index (χ0) is 13.9. The van der Waals surface area contributed by atoms with Crippen molar-refractivity contribution < 1.29 is 9.90 Å². The van der Waals surface area contributed by atoms with Crippen LogP contribution in [0, 0.1) is 17.8 Å². The number of carbonyl (C=O) groups excluding carboxylic acids is 1. The first-order valence-electron chi connectivity index (χ1n) is 8.42. The van der Waals surface area contributed by atoms with Gasteiger partial charge in [-0.05, 0) is 63.3 Å². The molecular formula is C16H28N2O2. The fourth-order valence-corrected chi connectivity index (χ4v) is 3.50. The number of rotatable bonds is 7. The molecule has 3 fully saturated rings. The molecule has 1 heterocycles. The smallest absolute Gasteiger partial charge is 0.223 e. The van der Waals surface area contributed by atoms with E-state index in [1.54, 1.807) is 0 Å². The molecule has 4 nitrogen and oxygen atoms in total. The minimum absolute atomic E-state index is 0.0937. The van der Waals surface area contributed by atoms with Gasteiger partial charge < -0.3 is 15.3 Å². The van der Waals surface area contributed by atoms with E-state index in [9.17, 15) is 9.90 Å². The van der Waals surface area contributed by atoms with E-state index in [-0.39, 0.29) is 6.10 Å². The Kier molecular flexibility index (Phi) is 4.61. The van der Waals surface area contributed by atoms with Gasteiger partial charge in [-0.1, -0.05) is 0 Å². The van der Waals surface area contributed by atoms with Crippen molar-refractivity contribution in [3.8, 4) is 0 Å². The molecule has 2 aliphatic carbocycles. The molecule has 4 heteroatoms. The third kappa shape index (κ3) is 3.95. The minimum atomic E-state index is -0.0937. The van der Waals surface area contributed by atoms with Crippen LogP contribution in [0.5, 0.6) is 0 Å². The molecule has 1 saturated heterocycles. The van der Waals surface area contributed by atoms with Gasteiger partial charge >= 0.3 is 0 Å². The molecule has 0 aromatic heterocycles. The van der Waals surface area contributed by atoms with Gasteiger partial charge in [0.05, 0.1) is 6.10 Å². The number of aliphatic hydroxyl groups excluding tert-OH is 1. The average Bonchev–Trinajstić information content (AvgIpc) is 3.31. The predicted molar refractivity (Wildman–Crippen MR) is 78.2 cm³/mol. The standard InChI is InChI=1S/C16H28N2O2/c19-14-6-10-18(11-7-14)9-1-8-17-16(20)15(12-2-3-12)13-4-5-13/h12-15,19H,1-11H2,(H,17,20). The molecule has 3 aliphatic rings. The van der Waals surface area contributed by atoms with Gasteiger partial charge in [-0.15, -0.1) is 0 Å². The average molecular weight is 280 g/mol. The summed E-state index contributed by atoms with van der Waals surface area (Å²) in [7, 11) is 0. The summed E-state index contributed by atoms with van der Waals surface area (Å²) < 4.78 is 0. The number of piperidine rings is 1. The Hall–Kier alpha value is -0.610. The molecule has 0 aromatic rings. The molecule has 1 amide bonds. The summed E-state index contributed by atoms with van der Waals surface area (Å²) >= 11 is 0. The highest BCUT2D eigenvalue weighted by Gasteiger charge is 2.45. The number of hydrogen-bond acceptors (Lipinski definition) is 3. The van der Waals surface area contributed by atoms with Gasteiger partial charge in [0.15, 0.2) is 0 Å². The fourth-order valence-electron chi connectivity index (χ4n) is 3.50. The van der Waals surface area contributed by atoms with Crippen molar-refractivity contribution in [1.29, 1.82) is 0 Å². The molecule has 0 unspecified atom stereocenters. The van der Waals surface area contributed by atoms with Gasteiger partial charge in [0.25, 0.3) is 0 Å². The van der Waals surface area contributed by atoms with Crippen LogP contribution in [0.3, 0.4) is 0 Å². The maximum Gasteiger partial charge on any atom is 0.223 e. The van der Waals surface area contributed by atoms with Crippen molar-refractivity contribution >= 4 is 5.91 Å². The largest absolute Gasteiger partial charge is 0.393 e. The van der Waals surface area contributed by atoms with Crippen LogP contribution in [-0.2, 0) is 4.79 Å². The predicted octanol–water partition coefficient (Wildman–Crippen LogP) is 1.39. The molecule has 2 N–H and O–H groups in total. The molecule has 0 bridgehead atoms. The second kappa shape index (κ2) is 6.44. The number of carbonyl (C=O) groups is 1. The molecule has 0 aromatic carbocycles. The maximum absolute atomic E-state index is 12.2. The lowest BCUT2D eigenvalue weighted by Crippen LogP contribution is -2.38. The number of nitrogens with zero attached hydrogens (tertiary/aromatic N) is 1. The molecule has 2 saturated carbocycles. The molecule has 114 valence electrons. The minimum Gasteiger partial charge on any atom is -0.393 e. The summed E-state index contributed by atoms with van der Waals surface area (Å²) in [6.07, 6.45) is 7.81. The van der Waals surface area contributed by atoms with E-state index in [1.165, 1.54) is 25.7 Å². The Balaban J connectivity index is 1.30. The third-order valence-corrected chi connectivity index (χ3v) is 5.07. The summed E-state index contributed by atoms with van der Waals surface area (Å²) in [6.45, 7) is 3.86. The van der Waals surface area contributed by atoms with E-state index in [0.29, 0.717) is 23.7 Å². The van der Waals surface area contributed by atoms with Crippen LogP contribution in [0.15, 0.2) is 0 Å². The fraction of sp³-hybridized carbons (Fsp3) is 0.938. The molecule has 20 heavy (non-hydrogen) atoms. The third-order valence-electron chi connectivity index (χ3n) is 5.07. The van der Waals surface area contributed by atoms with Crippen LogP contribution < -0.4 is 5.32 Å². The quantitative estimate of drug-likeness (QED) is 0.693. The van der Waals surface area contributed by atoms with Crippen LogP contribution in [0.25, 0.3) is 0 Å². The number of likely N-dealkylation sites (tertiary alicyclic amines) is 1. The second-order valence-electron chi connectivity index (χ2n) is 6.92. The van der Waals surface area contributed by atoms with Crippen LogP contribution in [0.2, 0.25) is 0 Å². The van der Waals surface area contributed by atoms with Crippen molar-refractivity contribution in [1.82, 2.24) is 10.2 Å². The van der Waals surface area contributed by atoms with Crippen LogP contribution in [0.1, 0.15) is 44.9 Å². The van der Waals surface area contributed by atoms with E-state index in [0.717, 1.165) is 45.4 Å². The highest BCUT2D eigenvalue weighted by atomic mass is 16.3. The van der Waals surface area contributed by atoms with Crippen LogP contribution >= 0.6 is 0 Å². The lowest BCUT2D eigenvalue weighted by atomic mass is 9.97. The molecule has 0 atom stereocenters. The van der Waals surface area contributed by atoms with E-state index >= 15 is 0 Å². The number of nitrogens with one attached hydrogen (secondary N) is 1. The van der Waals surface area contributed by atoms with Gasteiger partial charge in [0.1, 0.15) is 0 Å². The van der Waals surface area contributed by atoms with Crippen molar-refractivity contribution in [2.45, 2.75) is 51.0 Å².